The van der Waals surface area contributed by atoms with E-state index in [9.17, 15) is 0 Å². The molecule has 0 aliphatic carbocycles. The third kappa shape index (κ3) is 15.8. The molecular weight excluding hydrogens is 238 g/mol. The van der Waals surface area contributed by atoms with Gasteiger partial charge < -0.3 is 15.2 Å². The van der Waals surface area contributed by atoms with Crippen LogP contribution in [-0.4, -0.2) is 19.1 Å². The minimum atomic E-state index is -0.247. The second kappa shape index (κ2) is 14.3. The summed E-state index contributed by atoms with van der Waals surface area (Å²) >= 11 is 0. The molecule has 0 aliphatic rings. The highest BCUT2D eigenvalue weighted by molar-refractivity contribution is 4.47. The lowest BCUT2D eigenvalue weighted by molar-refractivity contribution is -0.154. The molecule has 0 aromatic rings. The molecule has 0 radical (unpaired) electrons. The molecule has 2 N–H and O–H groups in total. The molecule has 2 atom stereocenters. The standard InChI is InChI=1S/C16H35NO2/c1-4-5-6-7-8-9-10-11-12-13-14-18-16(3)19-15(2)17/h15-16H,4-14,17H2,1-3H3. The van der Waals surface area contributed by atoms with Crippen LogP contribution in [0.5, 0.6) is 0 Å². The lowest BCUT2D eigenvalue weighted by atomic mass is 10.1. The Morgan fingerprint density at radius 3 is 1.74 bits per heavy atom. The number of rotatable bonds is 14. The molecule has 0 saturated heterocycles. The van der Waals surface area contributed by atoms with Gasteiger partial charge in [-0.05, 0) is 20.3 Å². The molecule has 3 nitrogen and oxygen atoms in total. The quantitative estimate of drug-likeness (QED) is 0.372. The molecule has 0 bridgehead atoms. The monoisotopic (exact) mass is 273 g/mol. The maximum absolute atomic E-state index is 5.52. The van der Waals surface area contributed by atoms with Crippen LogP contribution in [0.3, 0.4) is 0 Å². The highest BCUT2D eigenvalue weighted by atomic mass is 16.7. The SMILES string of the molecule is CCCCCCCCCCCCOC(C)OC(C)N. The minimum absolute atomic E-state index is 0.182. The van der Waals surface area contributed by atoms with E-state index < -0.39 is 0 Å². The third-order valence-corrected chi connectivity index (χ3v) is 3.26. The zero-order valence-corrected chi connectivity index (χ0v) is 13.3. The molecule has 0 fully saturated rings. The Hall–Kier alpha value is -0.120. The lowest BCUT2D eigenvalue weighted by Gasteiger charge is -2.16. The summed E-state index contributed by atoms with van der Waals surface area (Å²) in [7, 11) is 0. The van der Waals surface area contributed by atoms with Crippen molar-refractivity contribution in [2.45, 2.75) is 97.5 Å². The van der Waals surface area contributed by atoms with Crippen LogP contribution in [0, 0.1) is 0 Å². The van der Waals surface area contributed by atoms with Crippen LogP contribution in [0.2, 0.25) is 0 Å². The first kappa shape index (κ1) is 18.9. The summed E-state index contributed by atoms with van der Waals surface area (Å²) in [6.45, 7) is 6.77. The molecule has 0 saturated carbocycles. The second-order valence-corrected chi connectivity index (χ2v) is 5.46. The van der Waals surface area contributed by atoms with Crippen molar-refractivity contribution in [2.75, 3.05) is 6.61 Å². The van der Waals surface area contributed by atoms with Crippen molar-refractivity contribution in [3.63, 3.8) is 0 Å². The Kier molecular flexibility index (Phi) is 14.2. The van der Waals surface area contributed by atoms with Gasteiger partial charge in [0, 0.05) is 6.61 Å². The molecule has 0 aromatic heterocycles. The van der Waals surface area contributed by atoms with E-state index in [0.29, 0.717) is 0 Å². The first-order valence-electron chi connectivity index (χ1n) is 8.19. The number of hydrogen-bond donors (Lipinski definition) is 1. The first-order valence-corrected chi connectivity index (χ1v) is 8.19. The average Bonchev–Trinajstić information content (AvgIpc) is 2.35. The van der Waals surface area contributed by atoms with Crippen molar-refractivity contribution in [1.82, 2.24) is 0 Å². The summed E-state index contributed by atoms with van der Waals surface area (Å²) in [6.07, 6.45) is 13.1. The summed E-state index contributed by atoms with van der Waals surface area (Å²) in [6, 6.07) is 0. The van der Waals surface area contributed by atoms with Crippen molar-refractivity contribution in [3.05, 3.63) is 0 Å². The van der Waals surface area contributed by atoms with Crippen LogP contribution in [0.1, 0.15) is 85.0 Å². The van der Waals surface area contributed by atoms with Gasteiger partial charge in [0.2, 0.25) is 0 Å². The molecule has 116 valence electrons. The predicted octanol–water partition coefficient (Wildman–Crippen LogP) is 4.59. The van der Waals surface area contributed by atoms with E-state index in [0.717, 1.165) is 13.0 Å². The summed E-state index contributed by atoms with van der Waals surface area (Å²) in [5, 5.41) is 0. The smallest absolute Gasteiger partial charge is 0.156 e. The minimum Gasteiger partial charge on any atom is -0.353 e. The molecular formula is C16H35NO2. The third-order valence-electron chi connectivity index (χ3n) is 3.26. The number of ether oxygens (including phenoxy) is 2. The average molecular weight is 273 g/mol. The maximum Gasteiger partial charge on any atom is 0.156 e. The molecule has 0 amide bonds. The van der Waals surface area contributed by atoms with Crippen LogP contribution in [0.15, 0.2) is 0 Å². The Morgan fingerprint density at radius 1 is 0.789 bits per heavy atom. The number of hydrogen-bond acceptors (Lipinski definition) is 3. The Morgan fingerprint density at radius 2 is 1.26 bits per heavy atom. The molecule has 0 heterocycles. The molecule has 0 spiro atoms. The Labute approximate surface area is 120 Å². The first-order chi connectivity index (χ1) is 9.16. The fourth-order valence-corrected chi connectivity index (χ4v) is 2.18. The highest BCUT2D eigenvalue weighted by Gasteiger charge is 2.03. The van der Waals surface area contributed by atoms with E-state index in [-0.39, 0.29) is 12.5 Å². The van der Waals surface area contributed by atoms with E-state index in [2.05, 4.69) is 6.92 Å². The van der Waals surface area contributed by atoms with Crippen molar-refractivity contribution < 1.29 is 9.47 Å². The van der Waals surface area contributed by atoms with Crippen LogP contribution >= 0.6 is 0 Å². The summed E-state index contributed by atoms with van der Waals surface area (Å²) < 4.78 is 10.8. The van der Waals surface area contributed by atoms with Gasteiger partial charge in [-0.25, -0.2) is 0 Å². The van der Waals surface area contributed by atoms with Crippen molar-refractivity contribution in [1.29, 1.82) is 0 Å². The van der Waals surface area contributed by atoms with Crippen molar-refractivity contribution in [2.24, 2.45) is 5.73 Å². The van der Waals surface area contributed by atoms with E-state index in [1.54, 1.807) is 0 Å². The number of nitrogens with two attached hydrogens (primary N) is 1. The maximum atomic E-state index is 5.52. The fourth-order valence-electron chi connectivity index (χ4n) is 2.18. The lowest BCUT2D eigenvalue weighted by Crippen LogP contribution is -2.26. The number of unbranched alkanes of at least 4 members (excludes halogenated alkanes) is 9. The molecule has 0 aliphatic heterocycles. The fraction of sp³-hybridized carbons (Fsp3) is 1.00. The van der Waals surface area contributed by atoms with E-state index >= 15 is 0 Å². The van der Waals surface area contributed by atoms with Gasteiger partial charge in [0.05, 0.1) is 0 Å². The van der Waals surface area contributed by atoms with Gasteiger partial charge in [0.1, 0.15) is 6.23 Å². The van der Waals surface area contributed by atoms with Gasteiger partial charge in [-0.3, -0.25) is 0 Å². The van der Waals surface area contributed by atoms with Crippen LogP contribution in [-0.2, 0) is 9.47 Å². The molecule has 3 heteroatoms. The van der Waals surface area contributed by atoms with Gasteiger partial charge in [-0.2, -0.15) is 0 Å². The highest BCUT2D eigenvalue weighted by Crippen LogP contribution is 2.10. The van der Waals surface area contributed by atoms with Gasteiger partial charge in [0.15, 0.2) is 6.29 Å². The summed E-state index contributed by atoms with van der Waals surface area (Å²) in [4.78, 5) is 0. The van der Waals surface area contributed by atoms with Gasteiger partial charge in [-0.15, -0.1) is 0 Å². The predicted molar refractivity (Wildman–Crippen MR) is 82.0 cm³/mol. The van der Waals surface area contributed by atoms with E-state index in [1.165, 1.54) is 57.8 Å². The van der Waals surface area contributed by atoms with Crippen LogP contribution < -0.4 is 5.73 Å². The van der Waals surface area contributed by atoms with Gasteiger partial charge in [0.25, 0.3) is 0 Å². The molecule has 0 aromatic carbocycles. The van der Waals surface area contributed by atoms with Crippen LogP contribution in [0.4, 0.5) is 0 Å². The topological polar surface area (TPSA) is 44.5 Å². The van der Waals surface area contributed by atoms with Crippen molar-refractivity contribution in [3.8, 4) is 0 Å². The molecule has 0 rings (SSSR count). The molecule has 2 unspecified atom stereocenters. The van der Waals surface area contributed by atoms with Crippen molar-refractivity contribution >= 4 is 0 Å². The Bertz CT molecular complexity index is 174. The van der Waals surface area contributed by atoms with Gasteiger partial charge in [-0.1, -0.05) is 64.7 Å². The van der Waals surface area contributed by atoms with Gasteiger partial charge >= 0.3 is 0 Å². The van der Waals surface area contributed by atoms with Crippen LogP contribution in [0.25, 0.3) is 0 Å². The normalized spacial score (nSPS) is 14.5. The summed E-state index contributed by atoms with van der Waals surface area (Å²) in [5.41, 5.74) is 5.52. The largest absolute Gasteiger partial charge is 0.353 e. The zero-order chi connectivity index (χ0) is 14.3. The second-order valence-electron chi connectivity index (χ2n) is 5.46. The van der Waals surface area contributed by atoms with E-state index in [1.807, 2.05) is 13.8 Å². The molecule has 19 heavy (non-hydrogen) atoms. The summed E-state index contributed by atoms with van der Waals surface area (Å²) in [5.74, 6) is 0. The Balaban J connectivity index is 3.06. The zero-order valence-electron chi connectivity index (χ0n) is 13.3. The van der Waals surface area contributed by atoms with E-state index in [4.69, 9.17) is 15.2 Å².